The zero-order valence-corrected chi connectivity index (χ0v) is 15.4. The van der Waals surface area contributed by atoms with Gasteiger partial charge in [0.15, 0.2) is 0 Å². The lowest BCUT2D eigenvalue weighted by atomic mass is 10.1. The molecule has 6 heteroatoms. The van der Waals surface area contributed by atoms with Crippen LogP contribution in [0.5, 0.6) is 0 Å². The Kier molecular flexibility index (Phi) is 6.73. The number of hydrogen-bond donors (Lipinski definition) is 2. The lowest BCUT2D eigenvalue weighted by Crippen LogP contribution is -2.37. The Hall–Kier alpha value is -2.18. The summed E-state index contributed by atoms with van der Waals surface area (Å²) in [5.41, 5.74) is 2.73. The van der Waals surface area contributed by atoms with Crippen LogP contribution in [0.25, 0.3) is 0 Å². The lowest BCUT2D eigenvalue weighted by Gasteiger charge is -2.10. The molecule has 25 heavy (non-hydrogen) atoms. The molecular formula is C19H24N2O3S. The van der Waals surface area contributed by atoms with Gasteiger partial charge >= 0.3 is 0 Å². The van der Waals surface area contributed by atoms with Gasteiger partial charge in [0.2, 0.25) is 15.9 Å². The maximum absolute atomic E-state index is 12.3. The molecule has 0 saturated heterocycles. The first-order chi connectivity index (χ1) is 11.9. The number of rotatable bonds is 8. The van der Waals surface area contributed by atoms with Gasteiger partial charge in [-0.3, -0.25) is 4.79 Å². The van der Waals surface area contributed by atoms with Gasteiger partial charge < -0.3 is 5.32 Å². The van der Waals surface area contributed by atoms with E-state index in [-0.39, 0.29) is 17.3 Å². The van der Waals surface area contributed by atoms with Gasteiger partial charge in [-0.15, -0.1) is 0 Å². The highest BCUT2D eigenvalue weighted by Crippen LogP contribution is 2.16. The summed E-state index contributed by atoms with van der Waals surface area (Å²) in [6.07, 6.45) is 1.68. The van der Waals surface area contributed by atoms with Crippen LogP contribution in [0.4, 0.5) is 0 Å². The minimum atomic E-state index is -3.69. The van der Waals surface area contributed by atoms with Gasteiger partial charge in [-0.1, -0.05) is 42.5 Å². The van der Waals surface area contributed by atoms with Crippen LogP contribution in [-0.4, -0.2) is 27.4 Å². The van der Waals surface area contributed by atoms with E-state index in [1.165, 1.54) is 5.56 Å². The van der Waals surface area contributed by atoms with Crippen LogP contribution in [0.2, 0.25) is 0 Å². The average molecular weight is 360 g/mol. The lowest BCUT2D eigenvalue weighted by molar-refractivity contribution is -0.119. The molecule has 1 amide bonds. The first-order valence-corrected chi connectivity index (χ1v) is 9.74. The van der Waals surface area contributed by atoms with Crippen molar-refractivity contribution in [3.63, 3.8) is 0 Å². The number of nitrogens with one attached hydrogen (secondary N) is 2. The fourth-order valence-corrected chi connectivity index (χ4v) is 3.77. The minimum Gasteiger partial charge on any atom is -0.355 e. The molecule has 2 rings (SSSR count). The second-order valence-electron chi connectivity index (χ2n) is 6.03. The standard InChI is InChI=1S/C19H24N2O3S/c1-15-10-11-16(2)18(13-15)25(23,24)21-14-19(22)20-12-6-9-17-7-4-3-5-8-17/h3-5,7-8,10-11,13,21H,6,9,12,14H2,1-2H3,(H,20,22). The Labute approximate surface area is 149 Å². The number of hydrogen-bond acceptors (Lipinski definition) is 3. The van der Waals surface area contributed by atoms with Crippen LogP contribution in [-0.2, 0) is 21.2 Å². The van der Waals surface area contributed by atoms with Crippen molar-refractivity contribution in [3.8, 4) is 0 Å². The Morgan fingerprint density at radius 1 is 1.04 bits per heavy atom. The monoisotopic (exact) mass is 360 g/mol. The van der Waals surface area contributed by atoms with Gasteiger partial charge in [0.1, 0.15) is 0 Å². The van der Waals surface area contributed by atoms with Crippen molar-refractivity contribution >= 4 is 15.9 Å². The third-order valence-electron chi connectivity index (χ3n) is 3.86. The number of carbonyl (C=O) groups excluding carboxylic acids is 1. The average Bonchev–Trinajstić information content (AvgIpc) is 2.60. The molecule has 0 spiro atoms. The van der Waals surface area contributed by atoms with Crippen LogP contribution in [0, 0.1) is 13.8 Å². The molecule has 0 aliphatic heterocycles. The molecule has 0 heterocycles. The van der Waals surface area contributed by atoms with Crippen molar-refractivity contribution in [1.82, 2.24) is 10.0 Å². The summed E-state index contributed by atoms with van der Waals surface area (Å²) >= 11 is 0. The molecule has 0 unspecified atom stereocenters. The molecule has 0 bridgehead atoms. The maximum atomic E-state index is 12.3. The van der Waals surface area contributed by atoms with E-state index < -0.39 is 10.0 Å². The van der Waals surface area contributed by atoms with E-state index >= 15 is 0 Å². The molecule has 0 aromatic heterocycles. The Balaban J connectivity index is 1.78. The number of amides is 1. The van der Waals surface area contributed by atoms with Gasteiger partial charge in [-0.25, -0.2) is 13.1 Å². The van der Waals surface area contributed by atoms with Gasteiger partial charge in [0.05, 0.1) is 11.4 Å². The van der Waals surface area contributed by atoms with Crippen molar-refractivity contribution in [1.29, 1.82) is 0 Å². The van der Waals surface area contributed by atoms with E-state index in [0.717, 1.165) is 18.4 Å². The predicted octanol–water partition coefficient (Wildman–Crippen LogP) is 2.33. The molecule has 2 aromatic carbocycles. The molecule has 134 valence electrons. The molecule has 2 aromatic rings. The quantitative estimate of drug-likeness (QED) is 0.710. The second kappa shape index (κ2) is 8.78. The first-order valence-electron chi connectivity index (χ1n) is 8.26. The van der Waals surface area contributed by atoms with Crippen LogP contribution in [0.1, 0.15) is 23.1 Å². The normalized spacial score (nSPS) is 11.3. The van der Waals surface area contributed by atoms with Gasteiger partial charge in [-0.2, -0.15) is 0 Å². The maximum Gasteiger partial charge on any atom is 0.241 e. The minimum absolute atomic E-state index is 0.212. The predicted molar refractivity (Wildman–Crippen MR) is 98.9 cm³/mol. The SMILES string of the molecule is Cc1ccc(C)c(S(=O)(=O)NCC(=O)NCCCc2ccccc2)c1. The molecule has 0 saturated carbocycles. The van der Waals surface area contributed by atoms with Gasteiger partial charge in [0.25, 0.3) is 0 Å². The van der Waals surface area contributed by atoms with Crippen LogP contribution < -0.4 is 10.0 Å². The number of aryl methyl sites for hydroxylation is 3. The number of sulfonamides is 1. The fraction of sp³-hybridized carbons (Fsp3) is 0.316. The fourth-order valence-electron chi connectivity index (χ4n) is 2.46. The van der Waals surface area contributed by atoms with Crippen molar-refractivity contribution in [2.24, 2.45) is 0 Å². The van der Waals surface area contributed by atoms with Crippen molar-refractivity contribution < 1.29 is 13.2 Å². The van der Waals surface area contributed by atoms with Crippen molar-refractivity contribution in [3.05, 3.63) is 65.2 Å². The number of carbonyl (C=O) groups is 1. The molecule has 0 aliphatic rings. The highest BCUT2D eigenvalue weighted by atomic mass is 32.2. The summed E-state index contributed by atoms with van der Waals surface area (Å²) in [6.45, 7) is 3.82. The van der Waals surface area contributed by atoms with E-state index in [1.54, 1.807) is 19.1 Å². The highest BCUT2D eigenvalue weighted by Gasteiger charge is 2.17. The second-order valence-corrected chi connectivity index (χ2v) is 7.77. The smallest absolute Gasteiger partial charge is 0.241 e. The van der Waals surface area contributed by atoms with Crippen molar-refractivity contribution in [2.75, 3.05) is 13.1 Å². The van der Waals surface area contributed by atoms with E-state index in [2.05, 4.69) is 10.0 Å². The van der Waals surface area contributed by atoms with E-state index in [4.69, 9.17) is 0 Å². The highest BCUT2D eigenvalue weighted by molar-refractivity contribution is 7.89. The Morgan fingerprint density at radius 2 is 1.76 bits per heavy atom. The van der Waals surface area contributed by atoms with E-state index in [9.17, 15) is 13.2 Å². The summed E-state index contributed by atoms with van der Waals surface area (Å²) in [5.74, 6) is -0.332. The topological polar surface area (TPSA) is 75.3 Å². The number of benzene rings is 2. The Morgan fingerprint density at radius 3 is 2.48 bits per heavy atom. The summed E-state index contributed by atoms with van der Waals surface area (Å²) in [5, 5.41) is 2.74. The molecular weight excluding hydrogens is 336 g/mol. The molecule has 0 fully saturated rings. The Bertz CT molecular complexity index is 818. The molecule has 0 aliphatic carbocycles. The third kappa shape index (κ3) is 5.99. The van der Waals surface area contributed by atoms with Crippen molar-refractivity contribution in [2.45, 2.75) is 31.6 Å². The summed E-state index contributed by atoms with van der Waals surface area (Å²) in [6, 6.07) is 15.2. The van der Waals surface area contributed by atoms with Gasteiger partial charge in [0, 0.05) is 6.54 Å². The van der Waals surface area contributed by atoms with E-state index in [1.807, 2.05) is 43.3 Å². The zero-order valence-electron chi connectivity index (χ0n) is 14.6. The van der Waals surface area contributed by atoms with Crippen LogP contribution in [0.15, 0.2) is 53.4 Å². The molecule has 5 nitrogen and oxygen atoms in total. The third-order valence-corrected chi connectivity index (χ3v) is 5.41. The summed E-state index contributed by atoms with van der Waals surface area (Å²) in [4.78, 5) is 12.1. The molecule has 2 N–H and O–H groups in total. The zero-order chi connectivity index (χ0) is 18.3. The molecule has 0 atom stereocenters. The van der Waals surface area contributed by atoms with E-state index in [0.29, 0.717) is 12.1 Å². The summed E-state index contributed by atoms with van der Waals surface area (Å²) < 4.78 is 27.0. The summed E-state index contributed by atoms with van der Waals surface area (Å²) in [7, 11) is -3.69. The van der Waals surface area contributed by atoms with Crippen LogP contribution >= 0.6 is 0 Å². The van der Waals surface area contributed by atoms with Crippen LogP contribution in [0.3, 0.4) is 0 Å². The van der Waals surface area contributed by atoms with Gasteiger partial charge in [-0.05, 0) is 49.4 Å². The molecule has 0 radical (unpaired) electrons. The first kappa shape index (κ1) is 19.1. The largest absolute Gasteiger partial charge is 0.355 e.